The topological polar surface area (TPSA) is 93.8 Å². The molecule has 1 heterocycles. The van der Waals surface area contributed by atoms with Crippen molar-refractivity contribution in [3.63, 3.8) is 0 Å². The number of piperazine rings is 1. The fourth-order valence-corrected chi connectivity index (χ4v) is 3.96. The summed E-state index contributed by atoms with van der Waals surface area (Å²) in [7, 11) is 0. The molecule has 0 saturated carbocycles. The van der Waals surface area contributed by atoms with Crippen LogP contribution >= 0.6 is 0 Å². The van der Waals surface area contributed by atoms with Crippen molar-refractivity contribution >= 4 is 23.7 Å². The molecule has 1 aliphatic heterocycles. The molecular formula is C26H32F3N5O3. The molecule has 0 aromatic heterocycles. The van der Waals surface area contributed by atoms with Crippen molar-refractivity contribution in [3.05, 3.63) is 65.7 Å². The number of nitrogens with one attached hydrogen (secondary N) is 3. The number of hydrogen-bond donors (Lipinski definition) is 3. The van der Waals surface area contributed by atoms with E-state index in [9.17, 15) is 27.6 Å². The molecule has 37 heavy (non-hydrogen) atoms. The third kappa shape index (κ3) is 7.86. The number of nitrogens with zero attached hydrogens (tertiary/aromatic N) is 2. The number of urea groups is 2. The van der Waals surface area contributed by atoms with Gasteiger partial charge >= 0.3 is 18.2 Å². The zero-order valence-electron chi connectivity index (χ0n) is 20.8. The highest BCUT2D eigenvalue weighted by Gasteiger charge is 2.33. The van der Waals surface area contributed by atoms with Gasteiger partial charge in [-0.25, -0.2) is 9.59 Å². The molecule has 0 aliphatic carbocycles. The van der Waals surface area contributed by atoms with Crippen molar-refractivity contribution in [2.24, 2.45) is 5.92 Å². The Kier molecular flexibility index (Phi) is 9.37. The first-order valence-electron chi connectivity index (χ1n) is 12.2. The number of anilines is 1. The van der Waals surface area contributed by atoms with E-state index >= 15 is 0 Å². The van der Waals surface area contributed by atoms with Crippen LogP contribution in [-0.4, -0.2) is 60.0 Å². The Morgan fingerprint density at radius 1 is 0.946 bits per heavy atom. The van der Waals surface area contributed by atoms with E-state index in [2.05, 4.69) is 16.0 Å². The summed E-state index contributed by atoms with van der Waals surface area (Å²) in [6, 6.07) is 12.1. The van der Waals surface area contributed by atoms with Gasteiger partial charge in [0.05, 0.1) is 5.56 Å². The van der Waals surface area contributed by atoms with Crippen LogP contribution in [0, 0.1) is 5.92 Å². The number of amides is 5. The molecule has 5 amide bonds. The fraction of sp³-hybridized carbons (Fsp3) is 0.423. The lowest BCUT2D eigenvalue weighted by Gasteiger charge is -2.37. The van der Waals surface area contributed by atoms with E-state index in [1.165, 1.54) is 17.0 Å². The Bertz CT molecular complexity index is 1070. The lowest BCUT2D eigenvalue weighted by molar-refractivity contribution is -0.137. The molecule has 2 unspecified atom stereocenters. The van der Waals surface area contributed by atoms with Crippen molar-refractivity contribution in [2.75, 3.05) is 31.5 Å². The van der Waals surface area contributed by atoms with Crippen LogP contribution in [-0.2, 0) is 17.5 Å². The monoisotopic (exact) mass is 519 g/mol. The summed E-state index contributed by atoms with van der Waals surface area (Å²) in [5.74, 6) is -0.348. The van der Waals surface area contributed by atoms with E-state index in [4.69, 9.17) is 0 Å². The first-order valence-corrected chi connectivity index (χ1v) is 12.2. The standard InChI is InChI=1S/C26H32F3N5O3/c1-3-18(2)22(32-24(36)30-17-19-8-5-4-6-9-19)23(35)33-12-14-34(15-13-33)25(37)31-21-11-7-10-20(16-21)26(27,28)29/h4-11,16,18,22H,3,12-15,17H2,1-2H3,(H,31,37)(H2,30,32,36). The summed E-state index contributed by atoms with van der Waals surface area (Å²) in [6.07, 6.45) is -3.83. The highest BCUT2D eigenvalue weighted by atomic mass is 19.4. The van der Waals surface area contributed by atoms with Crippen molar-refractivity contribution in [1.29, 1.82) is 0 Å². The third-order valence-electron chi connectivity index (χ3n) is 6.38. The molecule has 1 aliphatic rings. The number of carbonyl (C=O) groups is 3. The second kappa shape index (κ2) is 12.5. The molecule has 8 nitrogen and oxygen atoms in total. The molecule has 2 aromatic rings. The molecule has 11 heteroatoms. The van der Waals surface area contributed by atoms with Crippen molar-refractivity contribution in [1.82, 2.24) is 20.4 Å². The van der Waals surface area contributed by atoms with E-state index in [0.29, 0.717) is 13.0 Å². The van der Waals surface area contributed by atoms with Gasteiger partial charge in [-0.15, -0.1) is 0 Å². The van der Waals surface area contributed by atoms with Gasteiger partial charge in [0.1, 0.15) is 6.04 Å². The summed E-state index contributed by atoms with van der Waals surface area (Å²) in [6.45, 7) is 5.06. The lowest BCUT2D eigenvalue weighted by atomic mass is 9.97. The molecule has 2 aromatic carbocycles. The Balaban J connectivity index is 1.53. The predicted octanol–water partition coefficient (Wildman–Crippen LogP) is 4.30. The van der Waals surface area contributed by atoms with E-state index in [1.807, 2.05) is 44.2 Å². The van der Waals surface area contributed by atoms with Crippen molar-refractivity contribution in [3.8, 4) is 0 Å². The van der Waals surface area contributed by atoms with Crippen molar-refractivity contribution < 1.29 is 27.6 Å². The molecule has 200 valence electrons. The van der Waals surface area contributed by atoms with Gasteiger partial charge in [0.2, 0.25) is 5.91 Å². The van der Waals surface area contributed by atoms with Crippen LogP contribution in [0.15, 0.2) is 54.6 Å². The Labute approximate surface area is 214 Å². The van der Waals surface area contributed by atoms with Crippen LogP contribution in [0.1, 0.15) is 31.4 Å². The zero-order valence-corrected chi connectivity index (χ0v) is 20.8. The lowest BCUT2D eigenvalue weighted by Crippen LogP contribution is -2.58. The van der Waals surface area contributed by atoms with Gasteiger partial charge in [0.25, 0.3) is 0 Å². The maximum absolute atomic E-state index is 13.3. The van der Waals surface area contributed by atoms with Crippen LogP contribution in [0.4, 0.5) is 28.4 Å². The maximum atomic E-state index is 13.3. The molecule has 3 rings (SSSR count). The number of alkyl halides is 3. The van der Waals surface area contributed by atoms with E-state index in [-0.39, 0.29) is 43.7 Å². The van der Waals surface area contributed by atoms with Gasteiger partial charge < -0.3 is 25.8 Å². The van der Waals surface area contributed by atoms with Gasteiger partial charge in [-0.3, -0.25) is 4.79 Å². The minimum atomic E-state index is -4.51. The van der Waals surface area contributed by atoms with Gasteiger partial charge in [-0.1, -0.05) is 56.7 Å². The second-order valence-electron chi connectivity index (χ2n) is 9.00. The highest BCUT2D eigenvalue weighted by Crippen LogP contribution is 2.30. The summed E-state index contributed by atoms with van der Waals surface area (Å²) in [5.41, 5.74) is 0.126. The quantitative estimate of drug-likeness (QED) is 0.509. The highest BCUT2D eigenvalue weighted by molar-refractivity contribution is 5.90. The predicted molar refractivity (Wildman–Crippen MR) is 134 cm³/mol. The smallest absolute Gasteiger partial charge is 0.337 e. The van der Waals surface area contributed by atoms with Gasteiger partial charge in [-0.2, -0.15) is 13.2 Å². The van der Waals surface area contributed by atoms with Crippen LogP contribution < -0.4 is 16.0 Å². The van der Waals surface area contributed by atoms with Gasteiger partial charge in [-0.05, 0) is 29.7 Å². The summed E-state index contributed by atoms with van der Waals surface area (Å²) in [5, 5.41) is 8.06. The summed E-state index contributed by atoms with van der Waals surface area (Å²) in [4.78, 5) is 41.4. The Morgan fingerprint density at radius 3 is 2.22 bits per heavy atom. The number of benzene rings is 2. The number of halogens is 3. The van der Waals surface area contributed by atoms with Crippen LogP contribution in [0.5, 0.6) is 0 Å². The molecular weight excluding hydrogens is 487 g/mol. The van der Waals surface area contributed by atoms with Crippen molar-refractivity contribution in [2.45, 2.75) is 39.0 Å². The van der Waals surface area contributed by atoms with E-state index < -0.39 is 29.8 Å². The Hall–Kier alpha value is -3.76. The molecule has 0 radical (unpaired) electrons. The first kappa shape index (κ1) is 27.8. The number of rotatable bonds is 7. The molecule has 1 fully saturated rings. The average Bonchev–Trinajstić information content (AvgIpc) is 2.90. The molecule has 2 atom stereocenters. The van der Waals surface area contributed by atoms with Crippen LogP contribution in [0.25, 0.3) is 0 Å². The zero-order chi connectivity index (χ0) is 27.0. The van der Waals surface area contributed by atoms with E-state index in [0.717, 1.165) is 17.7 Å². The van der Waals surface area contributed by atoms with E-state index in [1.54, 1.807) is 4.90 Å². The average molecular weight is 520 g/mol. The number of hydrogen-bond acceptors (Lipinski definition) is 3. The summed E-state index contributed by atoms with van der Waals surface area (Å²) < 4.78 is 38.8. The molecule has 1 saturated heterocycles. The first-order chi connectivity index (χ1) is 17.6. The van der Waals surface area contributed by atoms with Crippen LogP contribution in [0.2, 0.25) is 0 Å². The van der Waals surface area contributed by atoms with Gasteiger partial charge in [0, 0.05) is 38.4 Å². The minimum absolute atomic E-state index is 0.0425. The molecule has 3 N–H and O–H groups in total. The fourth-order valence-electron chi connectivity index (χ4n) is 3.96. The third-order valence-corrected chi connectivity index (χ3v) is 6.38. The maximum Gasteiger partial charge on any atom is 0.416 e. The van der Waals surface area contributed by atoms with Crippen LogP contribution in [0.3, 0.4) is 0 Å². The number of carbonyl (C=O) groups excluding carboxylic acids is 3. The molecule has 0 bridgehead atoms. The minimum Gasteiger partial charge on any atom is -0.337 e. The largest absolute Gasteiger partial charge is 0.416 e. The van der Waals surface area contributed by atoms with Gasteiger partial charge in [0.15, 0.2) is 0 Å². The Morgan fingerprint density at radius 2 is 1.59 bits per heavy atom. The normalized spacial score (nSPS) is 15.5. The molecule has 0 spiro atoms. The summed E-state index contributed by atoms with van der Waals surface area (Å²) >= 11 is 0. The second-order valence-corrected chi connectivity index (χ2v) is 9.00. The SMILES string of the molecule is CCC(C)C(NC(=O)NCc1ccccc1)C(=O)N1CCN(C(=O)Nc2cccc(C(F)(F)F)c2)CC1.